The van der Waals surface area contributed by atoms with Crippen LogP contribution in [0.2, 0.25) is 0 Å². The maximum absolute atomic E-state index is 10.6. The molecule has 0 spiro atoms. The van der Waals surface area contributed by atoms with Gasteiger partial charge in [0, 0.05) is 30.4 Å². The van der Waals surface area contributed by atoms with E-state index in [1.165, 1.54) is 0 Å². The molecule has 70 valence electrons. The van der Waals surface area contributed by atoms with E-state index in [1.54, 1.807) is 19.3 Å². The summed E-state index contributed by atoms with van der Waals surface area (Å²) in [4.78, 5) is 18.5. The highest BCUT2D eigenvalue weighted by Gasteiger charge is 2.09. The lowest BCUT2D eigenvalue weighted by Gasteiger charge is -2.08. The Labute approximate surface area is 76.2 Å². The smallest absolute Gasteiger partial charge is 0.219 e. The average molecular weight is 180 g/mol. The Balaban J connectivity index is 2.71. The summed E-state index contributed by atoms with van der Waals surface area (Å²) in [5.74, 6) is 0.253. The molecule has 1 heterocycles. The Kier molecular flexibility index (Phi) is 2.92. The number of nitrogens with two attached hydrogens (primary N) is 2. The van der Waals surface area contributed by atoms with Crippen molar-refractivity contribution in [3.63, 3.8) is 0 Å². The first-order chi connectivity index (χ1) is 6.09. The molecular formula is C8H12N4O. The van der Waals surface area contributed by atoms with Crippen LogP contribution < -0.4 is 11.5 Å². The van der Waals surface area contributed by atoms with Crippen molar-refractivity contribution in [2.24, 2.45) is 11.5 Å². The van der Waals surface area contributed by atoms with E-state index in [-0.39, 0.29) is 6.42 Å². The van der Waals surface area contributed by atoms with Gasteiger partial charge in [0.05, 0.1) is 0 Å². The van der Waals surface area contributed by atoms with Gasteiger partial charge in [-0.05, 0) is 6.92 Å². The minimum Gasteiger partial charge on any atom is -0.370 e. The molecule has 1 atom stereocenters. The molecule has 0 fully saturated rings. The first-order valence-corrected chi connectivity index (χ1v) is 3.92. The van der Waals surface area contributed by atoms with Gasteiger partial charge in [-0.1, -0.05) is 0 Å². The van der Waals surface area contributed by atoms with Gasteiger partial charge < -0.3 is 11.5 Å². The fourth-order valence-corrected chi connectivity index (χ4v) is 0.929. The topological polar surface area (TPSA) is 94.9 Å². The second-order valence-electron chi connectivity index (χ2n) is 2.84. The fraction of sp³-hybridized carbons (Fsp3) is 0.375. The Morgan fingerprint density at radius 3 is 2.54 bits per heavy atom. The van der Waals surface area contributed by atoms with Crippen molar-refractivity contribution in [1.29, 1.82) is 0 Å². The number of rotatable bonds is 3. The molecule has 13 heavy (non-hydrogen) atoms. The Morgan fingerprint density at radius 1 is 1.54 bits per heavy atom. The third kappa shape index (κ3) is 2.79. The lowest BCUT2D eigenvalue weighted by atomic mass is 10.1. The van der Waals surface area contributed by atoms with Crippen LogP contribution in [-0.2, 0) is 4.79 Å². The quantitative estimate of drug-likeness (QED) is 0.665. The minimum absolute atomic E-state index is 0.117. The summed E-state index contributed by atoms with van der Waals surface area (Å²) >= 11 is 0. The van der Waals surface area contributed by atoms with Crippen LogP contribution >= 0.6 is 0 Å². The lowest BCUT2D eigenvalue weighted by Crippen LogP contribution is -2.21. The number of hydrogen-bond donors (Lipinski definition) is 2. The molecule has 0 radical (unpaired) electrons. The summed E-state index contributed by atoms with van der Waals surface area (Å²) in [6.07, 6.45) is 3.33. The zero-order chi connectivity index (χ0) is 9.84. The summed E-state index contributed by atoms with van der Waals surface area (Å²) < 4.78 is 0. The van der Waals surface area contributed by atoms with Gasteiger partial charge in [0.15, 0.2) is 0 Å². The van der Waals surface area contributed by atoms with Crippen molar-refractivity contribution in [2.45, 2.75) is 19.4 Å². The number of carbonyl (C=O) groups is 1. The van der Waals surface area contributed by atoms with E-state index in [0.29, 0.717) is 5.82 Å². The van der Waals surface area contributed by atoms with Gasteiger partial charge in [-0.15, -0.1) is 0 Å². The zero-order valence-corrected chi connectivity index (χ0v) is 7.40. The van der Waals surface area contributed by atoms with Crippen LogP contribution in [0.1, 0.15) is 23.9 Å². The van der Waals surface area contributed by atoms with E-state index in [4.69, 9.17) is 11.5 Å². The monoisotopic (exact) mass is 180 g/mol. The normalized spacial score (nSPS) is 12.5. The number of carbonyl (C=O) groups excluding carboxylic acids is 1. The van der Waals surface area contributed by atoms with E-state index >= 15 is 0 Å². The summed E-state index contributed by atoms with van der Waals surface area (Å²) in [5.41, 5.74) is 11.4. The van der Waals surface area contributed by atoms with Crippen molar-refractivity contribution in [3.05, 3.63) is 23.8 Å². The van der Waals surface area contributed by atoms with Gasteiger partial charge in [0.2, 0.25) is 5.91 Å². The SMILES string of the molecule is Cc1ncc([C@@H](N)CC(N)=O)cn1. The first kappa shape index (κ1) is 9.60. The highest BCUT2D eigenvalue weighted by Crippen LogP contribution is 2.10. The summed E-state index contributed by atoms with van der Waals surface area (Å²) in [6.45, 7) is 1.78. The molecule has 0 saturated carbocycles. The van der Waals surface area contributed by atoms with E-state index in [9.17, 15) is 4.79 Å². The number of nitrogens with zero attached hydrogens (tertiary/aromatic N) is 2. The largest absolute Gasteiger partial charge is 0.370 e. The van der Waals surface area contributed by atoms with Gasteiger partial charge in [0.25, 0.3) is 0 Å². The summed E-state index contributed by atoms with van der Waals surface area (Å²) in [6, 6.07) is -0.405. The van der Waals surface area contributed by atoms with Crippen molar-refractivity contribution in [3.8, 4) is 0 Å². The predicted octanol–water partition coefficient (Wildman–Crippen LogP) is -0.340. The number of hydrogen-bond acceptors (Lipinski definition) is 4. The third-order valence-electron chi connectivity index (χ3n) is 1.65. The summed E-state index contributed by atoms with van der Waals surface area (Å²) in [7, 11) is 0. The molecule has 1 aromatic rings. The van der Waals surface area contributed by atoms with E-state index in [0.717, 1.165) is 5.56 Å². The molecule has 4 N–H and O–H groups in total. The maximum Gasteiger partial charge on any atom is 0.219 e. The Hall–Kier alpha value is -1.49. The second kappa shape index (κ2) is 3.95. The van der Waals surface area contributed by atoms with Crippen molar-refractivity contribution in [2.75, 3.05) is 0 Å². The fourth-order valence-electron chi connectivity index (χ4n) is 0.929. The molecule has 0 aliphatic heterocycles. The Bertz CT molecular complexity index is 296. The van der Waals surface area contributed by atoms with Gasteiger partial charge >= 0.3 is 0 Å². The molecule has 0 unspecified atom stereocenters. The number of amides is 1. The van der Waals surface area contributed by atoms with Gasteiger partial charge in [-0.25, -0.2) is 9.97 Å². The molecule has 0 aliphatic carbocycles. The number of aryl methyl sites for hydroxylation is 1. The molecule has 0 saturated heterocycles. The summed E-state index contributed by atoms with van der Waals surface area (Å²) in [5, 5.41) is 0. The lowest BCUT2D eigenvalue weighted by molar-refractivity contribution is -0.118. The number of primary amides is 1. The van der Waals surface area contributed by atoms with Crippen LogP contribution in [0.3, 0.4) is 0 Å². The van der Waals surface area contributed by atoms with Gasteiger partial charge in [-0.3, -0.25) is 4.79 Å². The van der Waals surface area contributed by atoms with Crippen LogP contribution in [0.25, 0.3) is 0 Å². The van der Waals surface area contributed by atoms with Crippen LogP contribution in [0.15, 0.2) is 12.4 Å². The first-order valence-electron chi connectivity index (χ1n) is 3.92. The van der Waals surface area contributed by atoms with Crippen LogP contribution in [-0.4, -0.2) is 15.9 Å². The molecule has 5 heteroatoms. The van der Waals surface area contributed by atoms with E-state index in [1.807, 2.05) is 0 Å². The second-order valence-corrected chi connectivity index (χ2v) is 2.84. The predicted molar refractivity (Wildman–Crippen MR) is 47.5 cm³/mol. The minimum atomic E-state index is -0.423. The molecule has 5 nitrogen and oxygen atoms in total. The maximum atomic E-state index is 10.6. The van der Waals surface area contributed by atoms with Crippen molar-refractivity contribution in [1.82, 2.24) is 9.97 Å². The molecule has 1 aromatic heterocycles. The molecule has 0 aliphatic rings. The highest BCUT2D eigenvalue weighted by atomic mass is 16.1. The van der Waals surface area contributed by atoms with E-state index in [2.05, 4.69) is 9.97 Å². The molecular weight excluding hydrogens is 168 g/mol. The zero-order valence-electron chi connectivity index (χ0n) is 7.40. The van der Waals surface area contributed by atoms with Crippen molar-refractivity contribution < 1.29 is 4.79 Å². The van der Waals surface area contributed by atoms with Crippen LogP contribution in [0.5, 0.6) is 0 Å². The Morgan fingerprint density at radius 2 is 2.08 bits per heavy atom. The van der Waals surface area contributed by atoms with Crippen LogP contribution in [0, 0.1) is 6.92 Å². The molecule has 1 rings (SSSR count). The van der Waals surface area contributed by atoms with Gasteiger partial charge in [-0.2, -0.15) is 0 Å². The van der Waals surface area contributed by atoms with Crippen molar-refractivity contribution >= 4 is 5.91 Å². The van der Waals surface area contributed by atoms with E-state index < -0.39 is 11.9 Å². The highest BCUT2D eigenvalue weighted by molar-refractivity contribution is 5.74. The third-order valence-corrected chi connectivity index (χ3v) is 1.65. The standard InChI is InChI=1S/C8H12N4O/c1-5-11-3-6(4-12-5)7(9)2-8(10)13/h3-4,7H,2,9H2,1H3,(H2,10,13)/t7-/m0/s1. The van der Waals surface area contributed by atoms with Crippen LogP contribution in [0.4, 0.5) is 0 Å². The molecule has 0 bridgehead atoms. The average Bonchev–Trinajstić information content (AvgIpc) is 2.04. The van der Waals surface area contributed by atoms with Gasteiger partial charge in [0.1, 0.15) is 5.82 Å². The number of aromatic nitrogens is 2. The molecule has 0 aromatic carbocycles. The molecule has 1 amide bonds.